The number of rotatable bonds is 1. The molecule has 0 amide bonds. The van der Waals surface area contributed by atoms with Crippen LogP contribution in [0.5, 0.6) is 0 Å². The third-order valence-electron chi connectivity index (χ3n) is 2.93. The number of aromatic amines is 1. The maximum Gasteiger partial charge on any atom is 0.417 e. The SMILES string of the molecule is FC(F)(F)c1cc(Br)ccc1-c1nc2ccccc2[nH]1. The van der Waals surface area contributed by atoms with Crippen molar-refractivity contribution in [1.29, 1.82) is 0 Å². The van der Waals surface area contributed by atoms with Crippen LogP contribution in [0.3, 0.4) is 0 Å². The summed E-state index contributed by atoms with van der Waals surface area (Å²) in [6.45, 7) is 0. The molecule has 1 heterocycles. The van der Waals surface area contributed by atoms with E-state index in [9.17, 15) is 13.2 Å². The summed E-state index contributed by atoms with van der Waals surface area (Å²) in [4.78, 5) is 7.13. The predicted octanol–water partition coefficient (Wildman–Crippen LogP) is 5.01. The van der Waals surface area contributed by atoms with E-state index in [0.717, 1.165) is 6.07 Å². The molecule has 0 saturated carbocycles. The van der Waals surface area contributed by atoms with Gasteiger partial charge in [-0.1, -0.05) is 28.1 Å². The molecular weight excluding hydrogens is 333 g/mol. The van der Waals surface area contributed by atoms with Crippen molar-refractivity contribution in [2.45, 2.75) is 6.18 Å². The Morgan fingerprint density at radius 3 is 2.50 bits per heavy atom. The van der Waals surface area contributed by atoms with Crippen LogP contribution in [0.1, 0.15) is 5.56 Å². The number of imidazole rings is 1. The highest BCUT2D eigenvalue weighted by molar-refractivity contribution is 9.10. The number of hydrogen-bond donors (Lipinski definition) is 1. The average Bonchev–Trinajstić information content (AvgIpc) is 2.81. The van der Waals surface area contributed by atoms with E-state index in [1.54, 1.807) is 30.3 Å². The molecule has 20 heavy (non-hydrogen) atoms. The molecule has 0 atom stereocenters. The van der Waals surface area contributed by atoms with Gasteiger partial charge < -0.3 is 4.98 Å². The second-order valence-corrected chi connectivity index (χ2v) is 5.21. The minimum atomic E-state index is -4.43. The Balaban J connectivity index is 2.23. The normalized spacial score (nSPS) is 12.0. The molecule has 0 saturated heterocycles. The maximum absolute atomic E-state index is 13.1. The molecular formula is C14H8BrF3N2. The fraction of sp³-hybridized carbons (Fsp3) is 0.0714. The van der Waals surface area contributed by atoms with E-state index in [1.807, 2.05) is 0 Å². The van der Waals surface area contributed by atoms with Crippen molar-refractivity contribution in [1.82, 2.24) is 9.97 Å². The van der Waals surface area contributed by atoms with Gasteiger partial charge in [0.05, 0.1) is 16.6 Å². The fourth-order valence-electron chi connectivity index (χ4n) is 2.04. The molecule has 102 valence electrons. The summed E-state index contributed by atoms with van der Waals surface area (Å²) in [5.74, 6) is 0.214. The van der Waals surface area contributed by atoms with Gasteiger partial charge in [0.15, 0.2) is 0 Å². The number of fused-ring (bicyclic) bond motifs is 1. The quantitative estimate of drug-likeness (QED) is 0.662. The smallest absolute Gasteiger partial charge is 0.338 e. The summed E-state index contributed by atoms with van der Waals surface area (Å²) in [5.41, 5.74) is 0.667. The van der Waals surface area contributed by atoms with Crippen LogP contribution in [0.25, 0.3) is 22.4 Å². The van der Waals surface area contributed by atoms with Crippen molar-refractivity contribution in [3.05, 3.63) is 52.5 Å². The molecule has 3 aromatic rings. The van der Waals surface area contributed by atoms with Crippen molar-refractivity contribution in [3.63, 3.8) is 0 Å². The Hall–Kier alpha value is -1.82. The van der Waals surface area contributed by atoms with Crippen LogP contribution >= 0.6 is 15.9 Å². The van der Waals surface area contributed by atoms with Gasteiger partial charge in [-0.15, -0.1) is 0 Å². The summed E-state index contributed by atoms with van der Waals surface area (Å²) in [6.07, 6.45) is -4.43. The lowest BCUT2D eigenvalue weighted by molar-refractivity contribution is -0.137. The molecule has 0 aliphatic heterocycles. The van der Waals surface area contributed by atoms with Gasteiger partial charge in [0, 0.05) is 10.0 Å². The maximum atomic E-state index is 13.1. The number of benzene rings is 2. The van der Waals surface area contributed by atoms with Gasteiger partial charge in [-0.2, -0.15) is 13.2 Å². The molecule has 0 fully saturated rings. The zero-order chi connectivity index (χ0) is 14.3. The number of hydrogen-bond acceptors (Lipinski definition) is 1. The van der Waals surface area contributed by atoms with Gasteiger partial charge >= 0.3 is 6.18 Å². The first kappa shape index (κ1) is 13.2. The average molecular weight is 341 g/mol. The van der Waals surface area contributed by atoms with Gasteiger partial charge in [-0.25, -0.2) is 4.98 Å². The Morgan fingerprint density at radius 2 is 1.80 bits per heavy atom. The highest BCUT2D eigenvalue weighted by Gasteiger charge is 2.34. The van der Waals surface area contributed by atoms with Crippen LogP contribution in [-0.2, 0) is 6.18 Å². The van der Waals surface area contributed by atoms with E-state index in [-0.39, 0.29) is 11.4 Å². The number of nitrogens with zero attached hydrogens (tertiary/aromatic N) is 1. The van der Waals surface area contributed by atoms with Crippen LogP contribution in [-0.4, -0.2) is 9.97 Å². The minimum Gasteiger partial charge on any atom is -0.338 e. The first-order chi connectivity index (χ1) is 9.45. The van der Waals surface area contributed by atoms with Crippen LogP contribution in [0.2, 0.25) is 0 Å². The number of halogens is 4. The number of para-hydroxylation sites is 2. The lowest BCUT2D eigenvalue weighted by Gasteiger charge is -2.11. The Bertz CT molecular complexity index is 744. The topological polar surface area (TPSA) is 28.7 Å². The van der Waals surface area contributed by atoms with Crippen LogP contribution in [0.4, 0.5) is 13.2 Å². The van der Waals surface area contributed by atoms with Gasteiger partial charge in [0.2, 0.25) is 0 Å². The Labute approximate surface area is 120 Å². The molecule has 1 N–H and O–H groups in total. The van der Waals surface area contributed by atoms with Gasteiger partial charge in [-0.3, -0.25) is 0 Å². The van der Waals surface area contributed by atoms with Crippen LogP contribution < -0.4 is 0 Å². The summed E-state index contributed by atoms with van der Waals surface area (Å²) in [6, 6.07) is 11.2. The second-order valence-electron chi connectivity index (χ2n) is 4.29. The summed E-state index contributed by atoms with van der Waals surface area (Å²) in [5, 5.41) is 0. The van der Waals surface area contributed by atoms with Gasteiger partial charge in [0.1, 0.15) is 5.82 Å². The molecule has 0 aliphatic carbocycles. The van der Waals surface area contributed by atoms with E-state index >= 15 is 0 Å². The highest BCUT2D eigenvalue weighted by Crippen LogP contribution is 2.38. The number of alkyl halides is 3. The predicted molar refractivity (Wildman–Crippen MR) is 74.2 cm³/mol. The van der Waals surface area contributed by atoms with Gasteiger partial charge in [0.25, 0.3) is 0 Å². The first-order valence-electron chi connectivity index (χ1n) is 5.77. The zero-order valence-corrected chi connectivity index (χ0v) is 11.6. The van der Waals surface area contributed by atoms with Crippen molar-refractivity contribution in [2.24, 2.45) is 0 Å². The number of aromatic nitrogens is 2. The summed E-state index contributed by atoms with van der Waals surface area (Å²) >= 11 is 3.07. The molecule has 0 spiro atoms. The Morgan fingerprint density at radius 1 is 1.05 bits per heavy atom. The molecule has 0 bridgehead atoms. The van der Waals surface area contributed by atoms with Crippen LogP contribution in [0.15, 0.2) is 46.9 Å². The van der Waals surface area contributed by atoms with Crippen molar-refractivity contribution < 1.29 is 13.2 Å². The van der Waals surface area contributed by atoms with E-state index in [4.69, 9.17) is 0 Å². The van der Waals surface area contributed by atoms with E-state index in [1.165, 1.54) is 6.07 Å². The number of H-pyrrole nitrogens is 1. The summed E-state index contributed by atoms with van der Waals surface area (Å²) in [7, 11) is 0. The second kappa shape index (κ2) is 4.63. The molecule has 2 aromatic carbocycles. The summed E-state index contributed by atoms with van der Waals surface area (Å²) < 4.78 is 39.7. The number of nitrogens with one attached hydrogen (secondary N) is 1. The third-order valence-corrected chi connectivity index (χ3v) is 3.42. The van der Waals surface area contributed by atoms with E-state index in [0.29, 0.717) is 15.5 Å². The first-order valence-corrected chi connectivity index (χ1v) is 6.56. The minimum absolute atomic E-state index is 0.0388. The van der Waals surface area contributed by atoms with Gasteiger partial charge in [-0.05, 0) is 30.3 Å². The van der Waals surface area contributed by atoms with Crippen molar-refractivity contribution >= 4 is 27.0 Å². The molecule has 2 nitrogen and oxygen atoms in total. The molecule has 0 unspecified atom stereocenters. The van der Waals surface area contributed by atoms with Crippen molar-refractivity contribution in [2.75, 3.05) is 0 Å². The third kappa shape index (κ3) is 2.31. The molecule has 6 heteroatoms. The monoisotopic (exact) mass is 340 g/mol. The Kier molecular flexibility index (Phi) is 3.05. The molecule has 3 rings (SSSR count). The van der Waals surface area contributed by atoms with Crippen LogP contribution in [0, 0.1) is 0 Å². The largest absolute Gasteiger partial charge is 0.417 e. The lowest BCUT2D eigenvalue weighted by Crippen LogP contribution is -2.07. The highest BCUT2D eigenvalue weighted by atomic mass is 79.9. The molecule has 1 aromatic heterocycles. The van der Waals surface area contributed by atoms with E-state index < -0.39 is 11.7 Å². The standard InChI is InChI=1S/C14H8BrF3N2/c15-8-5-6-9(10(7-8)14(16,17)18)13-19-11-3-1-2-4-12(11)20-13/h1-7H,(H,19,20). The lowest BCUT2D eigenvalue weighted by atomic mass is 10.1. The van der Waals surface area contributed by atoms with E-state index in [2.05, 4.69) is 25.9 Å². The van der Waals surface area contributed by atoms with Crippen molar-refractivity contribution in [3.8, 4) is 11.4 Å². The fourth-order valence-corrected chi connectivity index (χ4v) is 2.40. The zero-order valence-electron chi connectivity index (χ0n) is 10.0. The molecule has 0 radical (unpaired) electrons. The molecule has 0 aliphatic rings.